The lowest BCUT2D eigenvalue weighted by Crippen LogP contribution is -2.60. The van der Waals surface area contributed by atoms with Gasteiger partial charge >= 0.3 is 6.18 Å². The Labute approximate surface area is 261 Å². The first-order chi connectivity index (χ1) is 21.4. The molecule has 0 aromatic carbocycles. The summed E-state index contributed by atoms with van der Waals surface area (Å²) in [7, 11) is 1.83. The minimum Gasteiger partial charge on any atom is -0.477 e. The highest BCUT2D eigenvalue weighted by Gasteiger charge is 2.62. The fraction of sp³-hybridized carbons (Fsp3) is 0.625. The number of alkyl halides is 4. The summed E-state index contributed by atoms with van der Waals surface area (Å²) in [5.41, 5.74) is -2.02. The summed E-state index contributed by atoms with van der Waals surface area (Å²) >= 11 is 0. The highest BCUT2D eigenvalue weighted by molar-refractivity contribution is 5.98. The molecule has 5 rings (SSSR count). The van der Waals surface area contributed by atoms with Gasteiger partial charge in [0, 0.05) is 57.9 Å². The van der Waals surface area contributed by atoms with E-state index in [1.807, 2.05) is 30.7 Å². The van der Waals surface area contributed by atoms with Crippen LogP contribution < -0.4 is 15.0 Å². The summed E-state index contributed by atoms with van der Waals surface area (Å²) in [6, 6.07) is 6.72. The largest absolute Gasteiger partial charge is 0.477 e. The third-order valence-electron chi connectivity index (χ3n) is 9.34. The van der Waals surface area contributed by atoms with Crippen molar-refractivity contribution in [3.05, 3.63) is 36.2 Å². The van der Waals surface area contributed by atoms with Crippen LogP contribution in [0, 0.1) is 5.41 Å². The van der Waals surface area contributed by atoms with Gasteiger partial charge in [-0.05, 0) is 57.5 Å². The number of aromatic nitrogens is 2. The van der Waals surface area contributed by atoms with E-state index in [2.05, 4.69) is 10.3 Å². The molecule has 0 unspecified atom stereocenters. The van der Waals surface area contributed by atoms with E-state index >= 15 is 0 Å². The Kier molecular flexibility index (Phi) is 9.57. The third-order valence-corrected chi connectivity index (χ3v) is 9.34. The number of anilines is 1. The van der Waals surface area contributed by atoms with E-state index in [9.17, 15) is 27.2 Å². The van der Waals surface area contributed by atoms with Crippen LogP contribution in [0.2, 0.25) is 0 Å². The van der Waals surface area contributed by atoms with Crippen molar-refractivity contribution in [2.24, 2.45) is 5.41 Å². The predicted octanol–water partition coefficient (Wildman–Crippen LogP) is 4.87. The molecule has 3 fully saturated rings. The first-order valence-corrected chi connectivity index (χ1v) is 15.8. The van der Waals surface area contributed by atoms with Crippen molar-refractivity contribution in [3.63, 3.8) is 0 Å². The molecule has 2 aromatic heterocycles. The Balaban J connectivity index is 1.42. The zero-order valence-electron chi connectivity index (χ0n) is 26.1. The minimum atomic E-state index is -4.61. The van der Waals surface area contributed by atoms with E-state index in [1.54, 1.807) is 30.5 Å². The number of halogens is 4. The van der Waals surface area contributed by atoms with Crippen LogP contribution >= 0.6 is 0 Å². The number of likely N-dealkylation sites (tertiary alicyclic amines) is 1. The number of rotatable bonds is 10. The number of carbonyl (C=O) groups is 2. The maximum atomic E-state index is 14.9. The molecule has 0 bridgehead atoms. The summed E-state index contributed by atoms with van der Waals surface area (Å²) < 4.78 is 63.2. The summed E-state index contributed by atoms with van der Waals surface area (Å²) in [5.74, 6) is -0.969. The van der Waals surface area contributed by atoms with Gasteiger partial charge in [-0.3, -0.25) is 14.5 Å². The standard InChI is InChI=1S/C32H42F4N6O3/c1-4-22-19-41(29(44)31(32(34,35)36)12-6-7-13-31)17-18-42(22)25-11-10-24(23-9-8-15-38-28(23)45-5-2)39-26(25)27(43)37-16-14-30(33)20-40(3)21-30/h8-11,15,22H,4-7,12-14,16-21H2,1-3H3,(H,37,43)/t22-/m1/s1. The molecule has 4 heterocycles. The van der Waals surface area contributed by atoms with Crippen LogP contribution in [0.25, 0.3) is 11.3 Å². The first kappa shape index (κ1) is 32.9. The SMILES string of the molecule is CCOc1ncccc1-c1ccc(N2CCN(C(=O)C3(C(F)(F)F)CCCC3)C[C@H]2CC)c(C(=O)NCCC2(F)CN(C)C2)n1. The number of piperazine rings is 1. The van der Waals surface area contributed by atoms with Gasteiger partial charge in [0.2, 0.25) is 11.8 Å². The topological polar surface area (TPSA) is 90.9 Å². The number of hydrogen-bond acceptors (Lipinski definition) is 7. The van der Waals surface area contributed by atoms with Gasteiger partial charge in [-0.2, -0.15) is 13.2 Å². The molecule has 3 aliphatic rings. The fourth-order valence-electron chi connectivity index (χ4n) is 7.01. The zero-order chi connectivity index (χ0) is 32.4. The normalized spacial score (nSPS) is 21.4. The molecule has 0 spiro atoms. The lowest BCUT2D eigenvalue weighted by atomic mass is 9.83. The molecule has 45 heavy (non-hydrogen) atoms. The Morgan fingerprint density at radius 2 is 1.84 bits per heavy atom. The van der Waals surface area contributed by atoms with Crippen LogP contribution in [-0.4, -0.2) is 102 Å². The summed E-state index contributed by atoms with van der Waals surface area (Å²) in [5, 5.41) is 2.83. The average molecular weight is 635 g/mol. The Bertz CT molecular complexity index is 1380. The molecule has 2 aromatic rings. The molecule has 13 heteroatoms. The van der Waals surface area contributed by atoms with Crippen LogP contribution in [-0.2, 0) is 4.79 Å². The van der Waals surface area contributed by atoms with Crippen LogP contribution in [0.1, 0.15) is 62.9 Å². The van der Waals surface area contributed by atoms with E-state index in [0.717, 1.165) is 0 Å². The molecule has 246 valence electrons. The Hall–Kier alpha value is -3.48. The summed E-state index contributed by atoms with van der Waals surface area (Å²) in [6.45, 7) is 5.27. The average Bonchev–Trinajstić information content (AvgIpc) is 3.52. The monoisotopic (exact) mass is 634 g/mol. The van der Waals surface area contributed by atoms with E-state index in [1.165, 1.54) is 4.90 Å². The number of hydrogen-bond donors (Lipinski definition) is 1. The smallest absolute Gasteiger partial charge is 0.403 e. The van der Waals surface area contributed by atoms with Crippen molar-refractivity contribution in [2.45, 2.75) is 70.3 Å². The molecule has 1 aliphatic carbocycles. The Morgan fingerprint density at radius 3 is 2.49 bits per heavy atom. The molecule has 1 N–H and O–H groups in total. The summed E-state index contributed by atoms with van der Waals surface area (Å²) in [4.78, 5) is 41.3. The van der Waals surface area contributed by atoms with E-state index in [0.29, 0.717) is 61.8 Å². The number of amides is 2. The lowest BCUT2D eigenvalue weighted by Gasteiger charge is -2.45. The molecular formula is C32H42F4N6O3. The van der Waals surface area contributed by atoms with E-state index in [4.69, 9.17) is 9.72 Å². The first-order valence-electron chi connectivity index (χ1n) is 15.8. The highest BCUT2D eigenvalue weighted by Crippen LogP contribution is 2.52. The van der Waals surface area contributed by atoms with E-state index < -0.39 is 29.1 Å². The minimum absolute atomic E-state index is 0.0883. The van der Waals surface area contributed by atoms with E-state index in [-0.39, 0.29) is 57.2 Å². The van der Waals surface area contributed by atoms with Crippen LogP contribution in [0.4, 0.5) is 23.2 Å². The molecule has 9 nitrogen and oxygen atoms in total. The zero-order valence-corrected chi connectivity index (χ0v) is 26.1. The summed E-state index contributed by atoms with van der Waals surface area (Å²) in [6.07, 6.45) is -1.93. The van der Waals surface area contributed by atoms with Gasteiger partial charge in [0.15, 0.2) is 5.69 Å². The van der Waals surface area contributed by atoms with Gasteiger partial charge in [0.1, 0.15) is 11.1 Å². The second-order valence-electron chi connectivity index (χ2n) is 12.5. The molecule has 2 amide bonds. The van der Waals surface area contributed by atoms with Crippen LogP contribution in [0.15, 0.2) is 30.5 Å². The van der Waals surface area contributed by atoms with Crippen molar-refractivity contribution in [2.75, 3.05) is 57.8 Å². The molecule has 1 saturated carbocycles. The van der Waals surface area contributed by atoms with Gasteiger partial charge < -0.3 is 19.9 Å². The third kappa shape index (κ3) is 6.59. The van der Waals surface area contributed by atoms with Gasteiger partial charge in [-0.15, -0.1) is 0 Å². The van der Waals surface area contributed by atoms with Gasteiger partial charge in [-0.25, -0.2) is 14.4 Å². The number of nitrogens with zero attached hydrogens (tertiary/aromatic N) is 5. The Morgan fingerprint density at radius 1 is 1.11 bits per heavy atom. The predicted molar refractivity (Wildman–Crippen MR) is 162 cm³/mol. The maximum absolute atomic E-state index is 14.9. The number of carbonyl (C=O) groups excluding carboxylic acids is 2. The second-order valence-corrected chi connectivity index (χ2v) is 12.5. The number of pyridine rings is 2. The number of nitrogens with one attached hydrogen (secondary N) is 1. The lowest BCUT2D eigenvalue weighted by molar-refractivity contribution is -0.226. The fourth-order valence-corrected chi connectivity index (χ4v) is 7.01. The highest BCUT2D eigenvalue weighted by atomic mass is 19.4. The maximum Gasteiger partial charge on any atom is 0.403 e. The van der Waals surface area contributed by atoms with Crippen molar-refractivity contribution in [1.29, 1.82) is 0 Å². The van der Waals surface area contributed by atoms with Crippen LogP contribution in [0.3, 0.4) is 0 Å². The van der Waals surface area contributed by atoms with Crippen molar-refractivity contribution >= 4 is 17.5 Å². The second kappa shape index (κ2) is 13.1. The molecule has 2 saturated heterocycles. The number of ether oxygens (including phenoxy) is 1. The molecule has 2 aliphatic heterocycles. The quantitative estimate of drug-likeness (QED) is 0.373. The van der Waals surface area contributed by atoms with Crippen molar-refractivity contribution in [3.8, 4) is 17.1 Å². The van der Waals surface area contributed by atoms with Gasteiger partial charge in [0.05, 0.1) is 23.6 Å². The van der Waals surface area contributed by atoms with Crippen LogP contribution in [0.5, 0.6) is 5.88 Å². The van der Waals surface area contributed by atoms with Crippen molar-refractivity contribution in [1.82, 2.24) is 25.1 Å². The van der Waals surface area contributed by atoms with Crippen molar-refractivity contribution < 1.29 is 31.9 Å². The molecule has 1 atom stereocenters. The molecule has 0 radical (unpaired) electrons. The molecular weight excluding hydrogens is 592 g/mol. The van der Waals surface area contributed by atoms with Gasteiger partial charge in [-0.1, -0.05) is 19.8 Å². The van der Waals surface area contributed by atoms with Gasteiger partial charge in [0.25, 0.3) is 5.91 Å².